The van der Waals surface area contributed by atoms with Crippen LogP contribution in [0.15, 0.2) is 18.2 Å². The van der Waals surface area contributed by atoms with Gasteiger partial charge in [-0.05, 0) is 30.5 Å². The van der Waals surface area contributed by atoms with Gasteiger partial charge in [-0.25, -0.2) is 4.98 Å². The first-order chi connectivity index (χ1) is 9.30. The second-order valence-corrected chi connectivity index (χ2v) is 4.78. The molecule has 3 rings (SSSR count). The first kappa shape index (κ1) is 12.0. The van der Waals surface area contributed by atoms with Gasteiger partial charge in [0.1, 0.15) is 5.82 Å². The fourth-order valence-electron chi connectivity index (χ4n) is 2.10. The van der Waals surface area contributed by atoms with Gasteiger partial charge in [-0.2, -0.15) is 5.10 Å². The molecule has 1 aliphatic rings. The van der Waals surface area contributed by atoms with Crippen LogP contribution in [0.2, 0.25) is 0 Å². The third-order valence-electron chi connectivity index (χ3n) is 3.31. The topological polar surface area (TPSA) is 60.0 Å². The standard InChI is InChI=1S/C14H17N3O2/c1-18-11-6-3-9(7-12(11)19-2)8-13-15-14(17-16-13)10-4-5-10/h3,6-7,10H,4-5,8H2,1-2H3,(H,15,16,17). The molecular formula is C14H17N3O2. The Bertz CT molecular complexity index is 576. The van der Waals surface area contributed by atoms with E-state index in [1.54, 1.807) is 14.2 Å². The molecule has 0 radical (unpaired) electrons. The summed E-state index contributed by atoms with van der Waals surface area (Å²) < 4.78 is 10.5. The Balaban J connectivity index is 1.77. The SMILES string of the molecule is COc1ccc(Cc2nc(C3CC3)n[nH]2)cc1OC. The van der Waals surface area contributed by atoms with E-state index in [0.29, 0.717) is 5.92 Å². The van der Waals surface area contributed by atoms with Crippen LogP contribution in [0.5, 0.6) is 11.5 Å². The highest BCUT2D eigenvalue weighted by Gasteiger charge is 2.27. The minimum atomic E-state index is 0.579. The molecule has 1 N–H and O–H groups in total. The number of aromatic amines is 1. The molecule has 0 bridgehead atoms. The van der Waals surface area contributed by atoms with Crippen LogP contribution in [0.1, 0.15) is 36.0 Å². The van der Waals surface area contributed by atoms with Gasteiger partial charge in [0.05, 0.1) is 14.2 Å². The number of methoxy groups -OCH3 is 2. The minimum Gasteiger partial charge on any atom is -0.493 e. The monoisotopic (exact) mass is 259 g/mol. The average Bonchev–Trinajstić information content (AvgIpc) is 3.19. The van der Waals surface area contributed by atoms with E-state index in [0.717, 1.165) is 35.1 Å². The summed E-state index contributed by atoms with van der Waals surface area (Å²) in [5.74, 6) is 3.91. The van der Waals surface area contributed by atoms with Crippen molar-refractivity contribution in [3.05, 3.63) is 35.4 Å². The van der Waals surface area contributed by atoms with E-state index < -0.39 is 0 Å². The lowest BCUT2D eigenvalue weighted by Gasteiger charge is -2.08. The van der Waals surface area contributed by atoms with Crippen LogP contribution in [-0.2, 0) is 6.42 Å². The molecule has 0 unspecified atom stereocenters. The van der Waals surface area contributed by atoms with E-state index in [2.05, 4.69) is 15.2 Å². The highest BCUT2D eigenvalue weighted by atomic mass is 16.5. The molecule has 19 heavy (non-hydrogen) atoms. The zero-order valence-electron chi connectivity index (χ0n) is 11.1. The Morgan fingerprint density at radius 1 is 1.21 bits per heavy atom. The maximum Gasteiger partial charge on any atom is 0.161 e. The van der Waals surface area contributed by atoms with Gasteiger partial charge in [0.2, 0.25) is 0 Å². The number of benzene rings is 1. The van der Waals surface area contributed by atoms with E-state index in [1.807, 2.05) is 18.2 Å². The molecule has 5 heteroatoms. The lowest BCUT2D eigenvalue weighted by Crippen LogP contribution is -1.95. The first-order valence-corrected chi connectivity index (χ1v) is 6.42. The number of hydrogen-bond acceptors (Lipinski definition) is 4. The summed E-state index contributed by atoms with van der Waals surface area (Å²) in [6.07, 6.45) is 3.15. The van der Waals surface area contributed by atoms with Crippen molar-refractivity contribution in [3.63, 3.8) is 0 Å². The second kappa shape index (κ2) is 4.91. The summed E-state index contributed by atoms with van der Waals surface area (Å²) in [5.41, 5.74) is 1.12. The van der Waals surface area contributed by atoms with Gasteiger partial charge < -0.3 is 9.47 Å². The van der Waals surface area contributed by atoms with Gasteiger partial charge >= 0.3 is 0 Å². The van der Waals surface area contributed by atoms with Gasteiger partial charge in [-0.15, -0.1) is 0 Å². The number of H-pyrrole nitrogens is 1. The molecule has 1 saturated carbocycles. The number of ether oxygens (including phenoxy) is 2. The van der Waals surface area contributed by atoms with Crippen molar-refractivity contribution in [1.82, 2.24) is 15.2 Å². The van der Waals surface area contributed by atoms with Crippen LogP contribution >= 0.6 is 0 Å². The fourth-order valence-corrected chi connectivity index (χ4v) is 2.10. The number of nitrogens with one attached hydrogen (secondary N) is 1. The van der Waals surface area contributed by atoms with Crippen molar-refractivity contribution in [2.45, 2.75) is 25.2 Å². The first-order valence-electron chi connectivity index (χ1n) is 6.42. The molecule has 0 amide bonds. The highest BCUT2D eigenvalue weighted by molar-refractivity contribution is 5.43. The summed E-state index contributed by atoms with van der Waals surface area (Å²) in [5, 5.41) is 7.27. The summed E-state index contributed by atoms with van der Waals surface area (Å²) in [4.78, 5) is 4.53. The third kappa shape index (κ3) is 2.54. The molecule has 1 heterocycles. The van der Waals surface area contributed by atoms with Gasteiger partial charge in [0, 0.05) is 12.3 Å². The molecule has 5 nitrogen and oxygen atoms in total. The van der Waals surface area contributed by atoms with Crippen molar-refractivity contribution >= 4 is 0 Å². The van der Waals surface area contributed by atoms with Crippen LogP contribution in [-0.4, -0.2) is 29.4 Å². The predicted molar refractivity (Wildman–Crippen MR) is 70.7 cm³/mol. The van der Waals surface area contributed by atoms with Crippen molar-refractivity contribution in [2.24, 2.45) is 0 Å². The lowest BCUT2D eigenvalue weighted by atomic mass is 10.1. The molecule has 2 aromatic rings. The highest BCUT2D eigenvalue weighted by Crippen LogP contribution is 2.37. The molecule has 0 saturated heterocycles. The molecule has 0 aliphatic heterocycles. The maximum atomic E-state index is 5.30. The van der Waals surface area contributed by atoms with Crippen LogP contribution in [0, 0.1) is 0 Å². The number of hydrogen-bond donors (Lipinski definition) is 1. The Kier molecular flexibility index (Phi) is 3.11. The minimum absolute atomic E-state index is 0.579. The molecule has 0 atom stereocenters. The smallest absolute Gasteiger partial charge is 0.161 e. The molecule has 1 aromatic heterocycles. The summed E-state index contributed by atoms with van der Waals surface area (Å²) in [6.45, 7) is 0. The zero-order chi connectivity index (χ0) is 13.2. The fraction of sp³-hybridized carbons (Fsp3) is 0.429. The van der Waals surface area contributed by atoms with Crippen molar-refractivity contribution in [3.8, 4) is 11.5 Å². The van der Waals surface area contributed by atoms with Gasteiger partial charge in [-0.3, -0.25) is 5.10 Å². The number of nitrogens with zero attached hydrogens (tertiary/aromatic N) is 2. The third-order valence-corrected chi connectivity index (χ3v) is 3.31. The van der Waals surface area contributed by atoms with Crippen LogP contribution in [0.4, 0.5) is 0 Å². The Morgan fingerprint density at radius 3 is 2.68 bits per heavy atom. The van der Waals surface area contributed by atoms with Crippen LogP contribution in [0.25, 0.3) is 0 Å². The largest absolute Gasteiger partial charge is 0.493 e. The van der Waals surface area contributed by atoms with Gasteiger partial charge in [0.15, 0.2) is 17.3 Å². The number of aromatic nitrogens is 3. The average molecular weight is 259 g/mol. The van der Waals surface area contributed by atoms with Crippen molar-refractivity contribution < 1.29 is 9.47 Å². The van der Waals surface area contributed by atoms with Crippen molar-refractivity contribution in [2.75, 3.05) is 14.2 Å². The maximum absolute atomic E-state index is 5.30. The Labute approximate surface area is 112 Å². The van der Waals surface area contributed by atoms with Gasteiger partial charge in [0.25, 0.3) is 0 Å². The number of rotatable bonds is 5. The molecule has 1 aliphatic carbocycles. The summed E-state index contributed by atoms with van der Waals surface area (Å²) >= 11 is 0. The van der Waals surface area contributed by atoms with E-state index in [9.17, 15) is 0 Å². The molecule has 1 fully saturated rings. The van der Waals surface area contributed by atoms with Crippen molar-refractivity contribution in [1.29, 1.82) is 0 Å². The normalized spacial score (nSPS) is 14.4. The van der Waals surface area contributed by atoms with E-state index >= 15 is 0 Å². The van der Waals surface area contributed by atoms with E-state index in [1.165, 1.54) is 12.8 Å². The second-order valence-electron chi connectivity index (χ2n) is 4.78. The van der Waals surface area contributed by atoms with E-state index in [-0.39, 0.29) is 0 Å². The van der Waals surface area contributed by atoms with Gasteiger partial charge in [-0.1, -0.05) is 6.07 Å². The Morgan fingerprint density at radius 2 is 2.00 bits per heavy atom. The molecule has 1 aromatic carbocycles. The zero-order valence-corrected chi connectivity index (χ0v) is 11.1. The van der Waals surface area contributed by atoms with E-state index in [4.69, 9.17) is 9.47 Å². The quantitative estimate of drug-likeness (QED) is 0.895. The molecule has 100 valence electrons. The summed E-state index contributed by atoms with van der Waals surface area (Å²) in [6, 6.07) is 5.89. The Hall–Kier alpha value is -2.04. The predicted octanol–water partition coefficient (Wildman–Crippen LogP) is 2.29. The van der Waals surface area contributed by atoms with Crippen LogP contribution in [0.3, 0.4) is 0 Å². The van der Waals surface area contributed by atoms with Crippen LogP contribution < -0.4 is 9.47 Å². The molecule has 0 spiro atoms. The lowest BCUT2D eigenvalue weighted by molar-refractivity contribution is 0.354. The molecular weight excluding hydrogens is 242 g/mol. The summed E-state index contributed by atoms with van der Waals surface area (Å²) in [7, 11) is 3.27.